The number of benzene rings is 1. The molecule has 4 rings (SSSR count). The molecule has 4 N–H and O–H groups in total. The number of nitrogens with two attached hydrogens (primary N) is 1. The molecular weight excluding hydrogens is 354 g/mol. The maximum absolute atomic E-state index is 12.7. The van der Waals surface area contributed by atoms with Crippen LogP contribution >= 0.6 is 0 Å². The lowest BCUT2D eigenvalue weighted by Crippen LogP contribution is -2.42. The number of aromatic amines is 1. The summed E-state index contributed by atoms with van der Waals surface area (Å²) in [6, 6.07) is 5.77. The fourth-order valence-corrected chi connectivity index (χ4v) is 4.75. The van der Waals surface area contributed by atoms with Crippen molar-refractivity contribution in [3.8, 4) is 0 Å². The minimum absolute atomic E-state index is 0.228. The molecule has 2 aliphatic heterocycles. The summed E-state index contributed by atoms with van der Waals surface area (Å²) in [5, 5.41) is 10.9. The molecule has 150 valence electrons. The highest BCUT2D eigenvalue weighted by Gasteiger charge is 2.29. The number of rotatable bonds is 5. The Kier molecular flexibility index (Phi) is 5.62. The van der Waals surface area contributed by atoms with Crippen molar-refractivity contribution in [3.05, 3.63) is 29.5 Å². The van der Waals surface area contributed by atoms with E-state index in [4.69, 9.17) is 5.73 Å². The third kappa shape index (κ3) is 4.04. The normalized spacial score (nSPS) is 19.2. The van der Waals surface area contributed by atoms with Gasteiger partial charge in [-0.15, -0.1) is 0 Å². The van der Waals surface area contributed by atoms with Crippen LogP contribution in [0.1, 0.15) is 48.2 Å². The van der Waals surface area contributed by atoms with E-state index in [1.807, 2.05) is 23.1 Å². The average Bonchev–Trinajstić information content (AvgIpc) is 3.16. The lowest BCUT2D eigenvalue weighted by Gasteiger charge is -2.37. The van der Waals surface area contributed by atoms with Crippen molar-refractivity contribution in [3.63, 3.8) is 0 Å². The van der Waals surface area contributed by atoms with Gasteiger partial charge in [0.05, 0.1) is 5.52 Å². The van der Waals surface area contributed by atoms with Crippen molar-refractivity contribution in [2.24, 2.45) is 17.6 Å². The van der Waals surface area contributed by atoms with E-state index in [-0.39, 0.29) is 11.6 Å². The predicted octanol–water partition coefficient (Wildman–Crippen LogP) is 1.83. The zero-order valence-electron chi connectivity index (χ0n) is 16.2. The molecule has 1 aromatic heterocycles. The van der Waals surface area contributed by atoms with Gasteiger partial charge in [0.2, 0.25) is 5.91 Å². The van der Waals surface area contributed by atoms with Crippen LogP contribution in [-0.4, -0.2) is 53.1 Å². The molecule has 2 aliphatic rings. The molecule has 7 nitrogen and oxygen atoms in total. The zero-order chi connectivity index (χ0) is 19.5. The van der Waals surface area contributed by atoms with Gasteiger partial charge >= 0.3 is 0 Å². The van der Waals surface area contributed by atoms with Crippen molar-refractivity contribution in [1.29, 1.82) is 0 Å². The maximum atomic E-state index is 12.7. The fraction of sp³-hybridized carbons (Fsp3) is 0.571. The first-order valence-corrected chi connectivity index (χ1v) is 10.4. The number of H-pyrrole nitrogens is 1. The van der Waals surface area contributed by atoms with Crippen LogP contribution in [0.5, 0.6) is 0 Å². The lowest BCUT2D eigenvalue weighted by molar-refractivity contribution is -0.132. The minimum Gasteiger partial charge on any atom is -0.364 e. The van der Waals surface area contributed by atoms with Gasteiger partial charge in [0.1, 0.15) is 0 Å². The second kappa shape index (κ2) is 8.31. The highest BCUT2D eigenvalue weighted by atomic mass is 16.2. The molecule has 2 amide bonds. The first-order valence-electron chi connectivity index (χ1n) is 10.4. The Labute approximate surface area is 165 Å². The number of amides is 2. The molecule has 0 aliphatic carbocycles. The molecule has 3 heterocycles. The standard InChI is InChI=1S/C21H29N5O2/c22-21(28)20-17-13-14(1-3-18(17)24-25-20)2-4-19(27)26-11-7-16(8-12-26)15-5-9-23-10-6-15/h1,3,13,15-16,23H,2,4-12H2,(H2,22,28)(H,24,25). The van der Waals surface area contributed by atoms with Crippen molar-refractivity contribution in [2.45, 2.75) is 38.5 Å². The van der Waals surface area contributed by atoms with Gasteiger partial charge in [-0.3, -0.25) is 14.7 Å². The van der Waals surface area contributed by atoms with Gasteiger partial charge in [-0.25, -0.2) is 0 Å². The summed E-state index contributed by atoms with van der Waals surface area (Å²) in [6.45, 7) is 4.06. The van der Waals surface area contributed by atoms with Crippen molar-refractivity contribution in [1.82, 2.24) is 20.4 Å². The van der Waals surface area contributed by atoms with E-state index in [2.05, 4.69) is 15.5 Å². The van der Waals surface area contributed by atoms with Crippen LogP contribution in [0.15, 0.2) is 18.2 Å². The van der Waals surface area contributed by atoms with Crippen LogP contribution in [0.3, 0.4) is 0 Å². The Bertz CT molecular complexity index is 848. The van der Waals surface area contributed by atoms with Gasteiger partial charge in [-0.1, -0.05) is 6.07 Å². The summed E-state index contributed by atoms with van der Waals surface area (Å²) in [4.78, 5) is 26.2. The van der Waals surface area contributed by atoms with Crippen LogP contribution in [-0.2, 0) is 11.2 Å². The van der Waals surface area contributed by atoms with E-state index < -0.39 is 5.91 Å². The number of hydrogen-bond donors (Lipinski definition) is 3. The number of likely N-dealkylation sites (tertiary alicyclic amines) is 1. The number of carbonyl (C=O) groups is 2. The summed E-state index contributed by atoms with van der Waals surface area (Å²) < 4.78 is 0. The first kappa shape index (κ1) is 18.9. The van der Waals surface area contributed by atoms with Gasteiger partial charge in [-0.2, -0.15) is 5.10 Å². The number of hydrogen-bond acceptors (Lipinski definition) is 4. The summed E-state index contributed by atoms with van der Waals surface area (Å²) in [6.07, 6.45) is 5.99. The van der Waals surface area contributed by atoms with E-state index in [1.165, 1.54) is 12.8 Å². The monoisotopic (exact) mass is 383 g/mol. The number of piperidine rings is 2. The van der Waals surface area contributed by atoms with Crippen molar-refractivity contribution >= 4 is 22.7 Å². The maximum Gasteiger partial charge on any atom is 0.269 e. The number of nitrogens with zero attached hydrogens (tertiary/aromatic N) is 2. The summed E-state index contributed by atoms with van der Waals surface area (Å²) in [7, 11) is 0. The number of aromatic nitrogens is 2. The quantitative estimate of drug-likeness (QED) is 0.733. The lowest BCUT2D eigenvalue weighted by atomic mass is 9.79. The van der Waals surface area contributed by atoms with Crippen LogP contribution in [0.25, 0.3) is 10.9 Å². The highest BCUT2D eigenvalue weighted by Crippen LogP contribution is 2.31. The smallest absolute Gasteiger partial charge is 0.269 e. The molecule has 7 heteroatoms. The molecule has 0 bridgehead atoms. The average molecular weight is 383 g/mol. The number of carbonyl (C=O) groups excluding carboxylic acids is 2. The zero-order valence-corrected chi connectivity index (χ0v) is 16.2. The molecule has 0 radical (unpaired) electrons. The third-order valence-electron chi connectivity index (χ3n) is 6.43. The first-order chi connectivity index (χ1) is 13.6. The second-order valence-electron chi connectivity index (χ2n) is 8.12. The Balaban J connectivity index is 1.30. The molecule has 1 aromatic carbocycles. The van der Waals surface area contributed by atoms with Crippen LogP contribution in [0, 0.1) is 11.8 Å². The number of fused-ring (bicyclic) bond motifs is 1. The van der Waals surface area contributed by atoms with Gasteiger partial charge in [0.15, 0.2) is 5.69 Å². The molecule has 28 heavy (non-hydrogen) atoms. The van der Waals surface area contributed by atoms with Gasteiger partial charge in [0.25, 0.3) is 5.91 Å². The number of nitrogens with one attached hydrogen (secondary N) is 2. The molecule has 2 fully saturated rings. The van der Waals surface area contributed by atoms with E-state index >= 15 is 0 Å². The Morgan fingerprint density at radius 3 is 2.54 bits per heavy atom. The Morgan fingerprint density at radius 2 is 1.82 bits per heavy atom. The predicted molar refractivity (Wildman–Crippen MR) is 108 cm³/mol. The molecule has 0 saturated carbocycles. The van der Waals surface area contributed by atoms with E-state index in [0.717, 1.165) is 67.3 Å². The van der Waals surface area contributed by atoms with Gasteiger partial charge < -0.3 is 16.0 Å². The topological polar surface area (TPSA) is 104 Å². The minimum atomic E-state index is -0.545. The Hall–Kier alpha value is -2.41. The largest absolute Gasteiger partial charge is 0.364 e. The van der Waals surface area contributed by atoms with Gasteiger partial charge in [0, 0.05) is 24.9 Å². The highest BCUT2D eigenvalue weighted by molar-refractivity contribution is 6.04. The molecule has 0 atom stereocenters. The van der Waals surface area contributed by atoms with Gasteiger partial charge in [-0.05, 0) is 74.7 Å². The third-order valence-corrected chi connectivity index (χ3v) is 6.43. The number of aryl methyl sites for hydroxylation is 1. The van der Waals surface area contributed by atoms with Crippen LogP contribution in [0.4, 0.5) is 0 Å². The molecule has 2 aromatic rings. The molecular formula is C21H29N5O2. The SMILES string of the molecule is NC(=O)c1n[nH]c2ccc(CCC(=O)N3CCC(C4CCNCC4)CC3)cc12. The molecule has 2 saturated heterocycles. The molecule has 0 unspecified atom stereocenters. The van der Waals surface area contributed by atoms with Crippen molar-refractivity contribution < 1.29 is 9.59 Å². The van der Waals surface area contributed by atoms with E-state index in [9.17, 15) is 9.59 Å². The van der Waals surface area contributed by atoms with E-state index in [1.54, 1.807) is 0 Å². The van der Waals surface area contributed by atoms with Crippen molar-refractivity contribution in [2.75, 3.05) is 26.2 Å². The summed E-state index contributed by atoms with van der Waals surface area (Å²) >= 11 is 0. The molecule has 0 spiro atoms. The van der Waals surface area contributed by atoms with E-state index in [0.29, 0.717) is 12.8 Å². The summed E-state index contributed by atoms with van der Waals surface area (Å²) in [5.74, 6) is 1.30. The van der Waals surface area contributed by atoms with Crippen LogP contribution in [0.2, 0.25) is 0 Å². The Morgan fingerprint density at radius 1 is 1.11 bits per heavy atom. The second-order valence-corrected chi connectivity index (χ2v) is 8.12. The number of primary amides is 1. The summed E-state index contributed by atoms with van der Waals surface area (Å²) in [5.41, 5.74) is 7.43. The fourth-order valence-electron chi connectivity index (χ4n) is 4.75. The van der Waals surface area contributed by atoms with Crippen LogP contribution < -0.4 is 11.1 Å².